The molecule has 1 aliphatic rings. The first-order valence-electron chi connectivity index (χ1n) is 7.44. The van der Waals surface area contributed by atoms with E-state index in [9.17, 15) is 23.7 Å². The molecular weight excluding hydrogens is 318 g/mol. The van der Waals surface area contributed by atoms with Crippen molar-refractivity contribution in [2.24, 2.45) is 0 Å². The van der Waals surface area contributed by atoms with Crippen LogP contribution in [0.3, 0.4) is 0 Å². The standard InChI is InChI=1S/C17H14F2N2O3/c18-12-4-1-3-11(9-12)17(7-2-8-17)16(22)20-15-10-13(21(23)24)5-6-14(15)19/h1,3-6,9-10H,2,7-8H2,(H,20,22). The Balaban J connectivity index is 1.91. The van der Waals surface area contributed by atoms with Gasteiger partial charge in [-0.05, 0) is 36.6 Å². The number of nitrogens with one attached hydrogen (secondary N) is 1. The van der Waals surface area contributed by atoms with Crippen LogP contribution in [0.2, 0.25) is 0 Å². The summed E-state index contributed by atoms with van der Waals surface area (Å²) < 4.78 is 27.4. The van der Waals surface area contributed by atoms with Crippen LogP contribution < -0.4 is 5.32 Å². The summed E-state index contributed by atoms with van der Waals surface area (Å²) in [5.74, 6) is -1.70. The van der Waals surface area contributed by atoms with Crippen LogP contribution in [0.15, 0.2) is 42.5 Å². The molecule has 2 aromatic rings. The molecule has 1 N–H and O–H groups in total. The fourth-order valence-electron chi connectivity index (χ4n) is 2.93. The lowest BCUT2D eigenvalue weighted by Crippen LogP contribution is -2.46. The predicted molar refractivity (Wildman–Crippen MR) is 83.6 cm³/mol. The number of amides is 1. The number of carbonyl (C=O) groups is 1. The van der Waals surface area contributed by atoms with Gasteiger partial charge >= 0.3 is 0 Å². The second-order valence-corrected chi connectivity index (χ2v) is 5.82. The van der Waals surface area contributed by atoms with Gasteiger partial charge in [0.15, 0.2) is 0 Å². The van der Waals surface area contributed by atoms with E-state index in [2.05, 4.69) is 5.32 Å². The second-order valence-electron chi connectivity index (χ2n) is 5.82. The number of nitro groups is 1. The van der Waals surface area contributed by atoms with E-state index in [-0.39, 0.29) is 11.4 Å². The summed E-state index contributed by atoms with van der Waals surface area (Å²) in [6, 6.07) is 8.69. The van der Waals surface area contributed by atoms with Gasteiger partial charge < -0.3 is 5.32 Å². The first-order chi connectivity index (χ1) is 11.4. The minimum Gasteiger partial charge on any atom is -0.323 e. The third-order valence-corrected chi connectivity index (χ3v) is 4.43. The minimum absolute atomic E-state index is 0.253. The number of anilines is 1. The van der Waals surface area contributed by atoms with Gasteiger partial charge in [0.25, 0.3) is 5.69 Å². The van der Waals surface area contributed by atoms with Gasteiger partial charge in [-0.3, -0.25) is 14.9 Å². The third kappa shape index (κ3) is 2.73. The van der Waals surface area contributed by atoms with Gasteiger partial charge in [-0.1, -0.05) is 18.6 Å². The molecule has 0 bridgehead atoms. The Labute approximate surface area is 136 Å². The van der Waals surface area contributed by atoms with E-state index in [4.69, 9.17) is 0 Å². The molecule has 24 heavy (non-hydrogen) atoms. The Morgan fingerprint density at radius 3 is 2.50 bits per heavy atom. The quantitative estimate of drug-likeness (QED) is 0.681. The molecule has 0 aromatic heterocycles. The molecule has 0 heterocycles. The highest BCUT2D eigenvalue weighted by Gasteiger charge is 2.46. The summed E-state index contributed by atoms with van der Waals surface area (Å²) in [6.07, 6.45) is 1.82. The van der Waals surface area contributed by atoms with E-state index in [1.807, 2.05) is 0 Å². The van der Waals surface area contributed by atoms with Crippen molar-refractivity contribution in [3.05, 3.63) is 69.8 Å². The second kappa shape index (κ2) is 5.99. The Hall–Kier alpha value is -2.83. The lowest BCUT2D eigenvalue weighted by atomic mass is 9.63. The van der Waals surface area contributed by atoms with Crippen molar-refractivity contribution in [2.75, 3.05) is 5.32 Å². The fourth-order valence-corrected chi connectivity index (χ4v) is 2.93. The van der Waals surface area contributed by atoms with Crippen LogP contribution in [-0.2, 0) is 10.2 Å². The number of nitro benzene ring substituents is 1. The van der Waals surface area contributed by atoms with E-state index in [1.165, 1.54) is 18.2 Å². The van der Waals surface area contributed by atoms with Crippen molar-refractivity contribution in [3.63, 3.8) is 0 Å². The van der Waals surface area contributed by atoms with Crippen molar-refractivity contribution < 1.29 is 18.5 Å². The SMILES string of the molecule is O=C(Nc1cc([N+](=O)[O-])ccc1F)C1(c2cccc(F)c2)CCC1. The Morgan fingerprint density at radius 1 is 1.17 bits per heavy atom. The molecule has 0 atom stereocenters. The lowest BCUT2D eigenvalue weighted by molar-refractivity contribution is -0.384. The van der Waals surface area contributed by atoms with Gasteiger partial charge in [0.2, 0.25) is 5.91 Å². The summed E-state index contributed by atoms with van der Waals surface area (Å²) in [6.45, 7) is 0. The minimum atomic E-state index is -0.931. The molecular formula is C17H14F2N2O3. The topological polar surface area (TPSA) is 72.2 Å². The number of halogens is 2. The number of hydrogen-bond donors (Lipinski definition) is 1. The first kappa shape index (κ1) is 16.0. The molecule has 1 fully saturated rings. The molecule has 1 saturated carbocycles. The van der Waals surface area contributed by atoms with Crippen molar-refractivity contribution >= 4 is 17.3 Å². The normalized spacial score (nSPS) is 15.4. The molecule has 5 nitrogen and oxygen atoms in total. The van der Waals surface area contributed by atoms with Gasteiger partial charge in [0.1, 0.15) is 11.6 Å². The predicted octanol–water partition coefficient (Wildman–Crippen LogP) is 3.93. The average Bonchev–Trinajstić information content (AvgIpc) is 2.48. The van der Waals surface area contributed by atoms with E-state index in [0.717, 1.165) is 24.6 Å². The Bertz CT molecular complexity index is 819. The molecule has 0 saturated heterocycles. The Kier molecular flexibility index (Phi) is 4.01. The van der Waals surface area contributed by atoms with Crippen LogP contribution >= 0.6 is 0 Å². The third-order valence-electron chi connectivity index (χ3n) is 4.43. The maximum Gasteiger partial charge on any atom is 0.271 e. The summed E-state index contributed by atoms with van der Waals surface area (Å²) in [5.41, 5.74) is -0.979. The molecule has 7 heteroatoms. The molecule has 0 spiro atoms. The van der Waals surface area contributed by atoms with Crippen molar-refractivity contribution in [2.45, 2.75) is 24.7 Å². The van der Waals surface area contributed by atoms with Crippen molar-refractivity contribution in [1.29, 1.82) is 0 Å². The van der Waals surface area contributed by atoms with E-state index >= 15 is 0 Å². The van der Waals surface area contributed by atoms with E-state index < -0.39 is 27.9 Å². The summed E-state index contributed by atoms with van der Waals surface area (Å²) in [4.78, 5) is 22.8. The maximum atomic E-state index is 13.9. The summed E-state index contributed by atoms with van der Waals surface area (Å²) in [7, 11) is 0. The summed E-state index contributed by atoms with van der Waals surface area (Å²) in [5, 5.41) is 13.2. The van der Waals surface area contributed by atoms with E-state index in [0.29, 0.717) is 18.4 Å². The molecule has 124 valence electrons. The monoisotopic (exact) mass is 332 g/mol. The van der Waals surface area contributed by atoms with E-state index in [1.54, 1.807) is 6.07 Å². The molecule has 2 aromatic carbocycles. The molecule has 0 unspecified atom stereocenters. The molecule has 0 aliphatic heterocycles. The van der Waals surface area contributed by atoms with Crippen LogP contribution in [0, 0.1) is 21.7 Å². The van der Waals surface area contributed by atoms with Crippen LogP contribution in [-0.4, -0.2) is 10.8 Å². The average molecular weight is 332 g/mol. The zero-order valence-corrected chi connectivity index (χ0v) is 12.6. The van der Waals surface area contributed by atoms with Crippen molar-refractivity contribution in [3.8, 4) is 0 Å². The van der Waals surface area contributed by atoms with Crippen LogP contribution in [0.4, 0.5) is 20.2 Å². The van der Waals surface area contributed by atoms with Gasteiger partial charge in [0, 0.05) is 12.1 Å². The van der Waals surface area contributed by atoms with Crippen LogP contribution in [0.1, 0.15) is 24.8 Å². The number of nitrogens with zero attached hydrogens (tertiary/aromatic N) is 1. The highest BCUT2D eigenvalue weighted by Crippen LogP contribution is 2.45. The number of rotatable bonds is 4. The first-order valence-corrected chi connectivity index (χ1v) is 7.44. The highest BCUT2D eigenvalue weighted by atomic mass is 19.1. The Morgan fingerprint density at radius 2 is 1.92 bits per heavy atom. The van der Waals surface area contributed by atoms with Crippen molar-refractivity contribution in [1.82, 2.24) is 0 Å². The van der Waals surface area contributed by atoms with Crippen LogP contribution in [0.5, 0.6) is 0 Å². The zero-order chi connectivity index (χ0) is 17.3. The number of hydrogen-bond acceptors (Lipinski definition) is 3. The zero-order valence-electron chi connectivity index (χ0n) is 12.6. The molecule has 0 radical (unpaired) electrons. The van der Waals surface area contributed by atoms with Crippen LogP contribution in [0.25, 0.3) is 0 Å². The molecule has 3 rings (SSSR count). The van der Waals surface area contributed by atoms with Gasteiger partial charge in [-0.2, -0.15) is 0 Å². The largest absolute Gasteiger partial charge is 0.323 e. The fraction of sp³-hybridized carbons (Fsp3) is 0.235. The maximum absolute atomic E-state index is 13.9. The molecule has 1 amide bonds. The number of carbonyl (C=O) groups excluding carboxylic acids is 1. The number of non-ortho nitro benzene ring substituents is 1. The van der Waals surface area contributed by atoms with Gasteiger partial charge in [-0.25, -0.2) is 8.78 Å². The highest BCUT2D eigenvalue weighted by molar-refractivity contribution is 6.00. The summed E-state index contributed by atoms with van der Waals surface area (Å²) >= 11 is 0. The van der Waals surface area contributed by atoms with Gasteiger partial charge in [-0.15, -0.1) is 0 Å². The molecule has 1 aliphatic carbocycles. The lowest BCUT2D eigenvalue weighted by Gasteiger charge is -2.40. The van der Waals surface area contributed by atoms with Gasteiger partial charge in [0.05, 0.1) is 16.0 Å². The smallest absolute Gasteiger partial charge is 0.271 e. The number of benzene rings is 2.